The molecular weight excluding hydrogens is 96.1 g/mol. The maximum Gasteiger partial charge on any atom is 0.246 e. The fourth-order valence-electron chi connectivity index (χ4n) is 0.0250. The van der Waals surface area contributed by atoms with Gasteiger partial charge in [0.15, 0.2) is 6.07 Å². The summed E-state index contributed by atoms with van der Waals surface area (Å²) in [6, 6.07) is 1.58. The van der Waals surface area contributed by atoms with E-state index in [2.05, 4.69) is 12.6 Å². The lowest BCUT2D eigenvalue weighted by Gasteiger charge is -1.62. The highest BCUT2D eigenvalue weighted by Crippen LogP contribution is 1.71. The Morgan fingerprint density at radius 3 is 2.33 bits per heavy atom. The van der Waals surface area contributed by atoms with E-state index in [0.717, 1.165) is 0 Å². The molecule has 2 nitrogen and oxygen atoms in total. The fourth-order valence-corrected chi connectivity index (χ4v) is 0.0250. The van der Waals surface area contributed by atoms with Gasteiger partial charge >= 0.3 is 0 Å². The van der Waals surface area contributed by atoms with Gasteiger partial charge in [0.1, 0.15) is 0 Å². The van der Waals surface area contributed by atoms with Gasteiger partial charge in [0, 0.05) is 12.6 Å². The molecule has 0 unspecified atom stereocenters. The minimum absolute atomic E-state index is 0.00926. The van der Waals surface area contributed by atoms with Gasteiger partial charge in [-0.2, -0.15) is 11.1 Å². The van der Waals surface area contributed by atoms with Gasteiger partial charge in [-0.25, -0.2) is 0 Å². The van der Waals surface area contributed by atoms with E-state index < -0.39 is 0 Å². The number of hydrogen-bond acceptors (Lipinski definition) is 1. The van der Waals surface area contributed by atoms with Gasteiger partial charge in [0.05, 0.1) is 0 Å². The largest absolute Gasteiger partial charge is 0.758 e. The minimum atomic E-state index is 0.00926. The molecule has 30 valence electrons. The van der Waals surface area contributed by atoms with Gasteiger partial charge in [-0.05, 0) is 0 Å². The van der Waals surface area contributed by atoms with Crippen LogP contribution >= 0.6 is 0 Å². The molecule has 6 heavy (non-hydrogen) atoms. The van der Waals surface area contributed by atoms with Crippen molar-refractivity contribution in [3.8, 4) is 6.07 Å². The summed E-state index contributed by atoms with van der Waals surface area (Å²) in [5.41, 5.74) is 0. The monoisotopic (exact) mass is 98.0 g/mol. The zero-order valence-electron chi connectivity index (χ0n) is 2.89. The van der Waals surface area contributed by atoms with Crippen molar-refractivity contribution in [2.75, 3.05) is 0 Å². The molecule has 0 aliphatic rings. The van der Waals surface area contributed by atoms with Crippen LogP contribution in [0.1, 0.15) is 0 Å². The Labute approximate surface area is 41.0 Å². The van der Waals surface area contributed by atoms with Gasteiger partial charge in [-0.3, -0.25) is 0 Å². The van der Waals surface area contributed by atoms with Gasteiger partial charge in [-0.15, -0.1) is 0 Å². The SMILES string of the molecule is N#CC([SH2+])=C=[N-]. The van der Waals surface area contributed by atoms with E-state index in [0.29, 0.717) is 0 Å². The van der Waals surface area contributed by atoms with E-state index in [9.17, 15) is 0 Å². The maximum absolute atomic E-state index is 7.78. The van der Waals surface area contributed by atoms with Crippen molar-refractivity contribution in [2.45, 2.75) is 0 Å². The second-order valence-electron chi connectivity index (χ2n) is 0.599. The number of rotatable bonds is 0. The lowest BCUT2D eigenvalue weighted by Crippen LogP contribution is -1.62. The van der Waals surface area contributed by atoms with Crippen molar-refractivity contribution < 1.29 is 0 Å². The topological polar surface area (TPSA) is 46.1 Å². The highest BCUT2D eigenvalue weighted by atomic mass is 32.1. The Morgan fingerprint density at radius 1 is 1.83 bits per heavy atom. The highest BCUT2D eigenvalue weighted by molar-refractivity contribution is 7.64. The average Bonchev–Trinajstić information content (AvgIpc) is 1.65. The molecule has 0 aliphatic carbocycles. The van der Waals surface area contributed by atoms with Crippen molar-refractivity contribution in [1.82, 2.24) is 0 Å². The Bertz CT molecular complexity index is 126. The molecule has 0 spiro atoms. The van der Waals surface area contributed by atoms with Crippen LogP contribution in [0, 0.1) is 11.3 Å². The first-order chi connectivity index (χ1) is 2.81. The molecule has 0 saturated carbocycles. The second kappa shape index (κ2) is 2.52. The van der Waals surface area contributed by atoms with E-state index in [1.807, 2.05) is 0 Å². The van der Waals surface area contributed by atoms with Crippen LogP contribution in [-0.2, 0) is 12.6 Å². The van der Waals surface area contributed by atoms with E-state index in [1.54, 1.807) is 11.9 Å². The van der Waals surface area contributed by atoms with Crippen LogP contribution in [0.4, 0.5) is 0 Å². The first-order valence-corrected chi connectivity index (χ1v) is 1.70. The number of allylic oxidation sites excluding steroid dienone is 1. The Balaban J connectivity index is 3.99. The van der Waals surface area contributed by atoms with Crippen LogP contribution in [0.2, 0.25) is 0 Å². The molecular formula is C3H2N2S. The van der Waals surface area contributed by atoms with E-state index in [1.165, 1.54) is 0 Å². The third-order valence-corrected chi connectivity index (χ3v) is 0.447. The van der Waals surface area contributed by atoms with Crippen LogP contribution in [0.3, 0.4) is 0 Å². The molecule has 0 aromatic heterocycles. The molecule has 0 rings (SSSR count). The van der Waals surface area contributed by atoms with Gasteiger partial charge < -0.3 is 5.41 Å². The number of hydrogen-bond donors (Lipinski definition) is 0. The summed E-state index contributed by atoms with van der Waals surface area (Å²) in [7, 11) is 0. The summed E-state index contributed by atoms with van der Waals surface area (Å²) < 4.78 is 0. The molecule has 0 aliphatic heterocycles. The Hall–Kier alpha value is -0.710. The number of nitrogens with zero attached hydrogens (tertiary/aromatic N) is 2. The van der Waals surface area contributed by atoms with Crippen molar-refractivity contribution in [2.24, 2.45) is 0 Å². The summed E-state index contributed by atoms with van der Waals surface area (Å²) >= 11 is 2.71. The first kappa shape index (κ1) is 5.29. The Kier molecular flexibility index (Phi) is 2.22. The predicted molar refractivity (Wildman–Crippen MR) is 27.6 cm³/mol. The van der Waals surface area contributed by atoms with Crippen molar-refractivity contribution >= 4 is 18.5 Å². The third kappa shape index (κ3) is 1.59. The summed E-state index contributed by atoms with van der Waals surface area (Å²) in [6.45, 7) is 0. The normalized spacial score (nSPS) is 5.33. The van der Waals surface area contributed by atoms with Crippen LogP contribution in [0.25, 0.3) is 5.41 Å². The van der Waals surface area contributed by atoms with Crippen LogP contribution in [0.15, 0.2) is 4.91 Å². The quantitative estimate of drug-likeness (QED) is 0.232. The molecule has 0 fully saturated rings. The standard InChI is InChI=1S/C3HN2S/c4-1-3(6)2-5/h6H/q-1/p+1. The predicted octanol–water partition coefficient (Wildman–Crippen LogP) is -0.356. The average molecular weight is 98.1 g/mol. The summed E-state index contributed by atoms with van der Waals surface area (Å²) in [5, 5.41) is 15.6. The van der Waals surface area contributed by atoms with E-state index >= 15 is 0 Å². The molecule has 0 N–H and O–H groups in total. The molecule has 0 aromatic carbocycles. The zero-order valence-corrected chi connectivity index (χ0v) is 3.89. The van der Waals surface area contributed by atoms with Crippen molar-refractivity contribution in [3.63, 3.8) is 0 Å². The molecule has 0 amide bonds. The molecule has 0 atom stereocenters. The molecule has 0 heterocycles. The van der Waals surface area contributed by atoms with E-state index in [-0.39, 0.29) is 4.91 Å². The van der Waals surface area contributed by atoms with Crippen LogP contribution in [0.5, 0.6) is 0 Å². The highest BCUT2D eigenvalue weighted by Gasteiger charge is 1.78. The van der Waals surface area contributed by atoms with Crippen molar-refractivity contribution in [3.05, 3.63) is 10.3 Å². The first-order valence-electron chi connectivity index (χ1n) is 1.20. The number of nitriles is 1. The lowest BCUT2D eigenvalue weighted by atomic mass is 10.7. The maximum atomic E-state index is 7.78. The summed E-state index contributed by atoms with van der Waals surface area (Å²) in [4.78, 5) is 0.00926. The smallest absolute Gasteiger partial charge is 0.246 e. The molecule has 0 aromatic rings. The molecule has 3 heteroatoms. The Morgan fingerprint density at radius 2 is 2.33 bits per heavy atom. The minimum Gasteiger partial charge on any atom is -0.758 e. The van der Waals surface area contributed by atoms with Crippen LogP contribution < -0.4 is 0 Å². The van der Waals surface area contributed by atoms with Crippen molar-refractivity contribution in [1.29, 1.82) is 5.26 Å². The van der Waals surface area contributed by atoms with Crippen LogP contribution in [-0.4, -0.2) is 5.87 Å². The molecule has 0 radical (unpaired) electrons. The third-order valence-electron chi connectivity index (χ3n) is 0.224. The van der Waals surface area contributed by atoms with Gasteiger partial charge in [0.2, 0.25) is 4.91 Å². The van der Waals surface area contributed by atoms with Gasteiger partial charge in [-0.1, -0.05) is 0 Å². The second-order valence-corrected chi connectivity index (χ2v) is 1.10. The van der Waals surface area contributed by atoms with Gasteiger partial charge in [0.25, 0.3) is 0 Å². The summed E-state index contributed by atoms with van der Waals surface area (Å²) in [6.07, 6.45) is 0. The fraction of sp³-hybridized carbons (Fsp3) is 0. The summed E-state index contributed by atoms with van der Waals surface area (Å²) in [5.74, 6) is 1.58. The molecule has 0 saturated heterocycles. The molecule has 0 bridgehead atoms. The lowest BCUT2D eigenvalue weighted by molar-refractivity contribution is 1.53. The zero-order chi connectivity index (χ0) is 4.99. The van der Waals surface area contributed by atoms with E-state index in [4.69, 9.17) is 10.7 Å².